The molecule has 1 aromatic rings. The molecular formula is C13H20O2. The first-order valence-electron chi connectivity index (χ1n) is 5.45. The fourth-order valence-electron chi connectivity index (χ4n) is 1.63. The van der Waals surface area contributed by atoms with Gasteiger partial charge in [0, 0.05) is 0 Å². The highest BCUT2D eigenvalue weighted by atomic mass is 16.5. The Morgan fingerprint density at radius 3 is 2.73 bits per heavy atom. The molecule has 1 atom stereocenters. The number of aryl methyl sites for hydroxylation is 2. The number of methoxy groups -OCH3 is 1. The molecule has 1 aromatic carbocycles. The van der Waals surface area contributed by atoms with E-state index in [1.54, 1.807) is 7.11 Å². The van der Waals surface area contributed by atoms with Crippen LogP contribution < -0.4 is 4.74 Å². The molecule has 0 spiro atoms. The molecule has 2 nitrogen and oxygen atoms in total. The second-order valence-corrected chi connectivity index (χ2v) is 4.03. The molecule has 0 bridgehead atoms. The lowest BCUT2D eigenvalue weighted by Crippen LogP contribution is -2.00. The highest BCUT2D eigenvalue weighted by Crippen LogP contribution is 2.19. The van der Waals surface area contributed by atoms with Gasteiger partial charge in [-0.1, -0.05) is 6.07 Å². The average molecular weight is 208 g/mol. The highest BCUT2D eigenvalue weighted by molar-refractivity contribution is 5.34. The average Bonchev–Trinajstić information content (AvgIpc) is 2.20. The Morgan fingerprint density at radius 2 is 2.13 bits per heavy atom. The molecule has 0 aliphatic carbocycles. The van der Waals surface area contributed by atoms with Crippen molar-refractivity contribution in [1.82, 2.24) is 0 Å². The van der Waals surface area contributed by atoms with Crippen LogP contribution in [-0.2, 0) is 6.42 Å². The Hall–Kier alpha value is -1.02. The lowest BCUT2D eigenvalue weighted by atomic mass is 10.0. The molecule has 15 heavy (non-hydrogen) atoms. The van der Waals surface area contributed by atoms with Crippen molar-refractivity contribution in [2.45, 2.75) is 39.2 Å². The summed E-state index contributed by atoms with van der Waals surface area (Å²) in [6.07, 6.45) is 2.69. The molecule has 0 amide bonds. The van der Waals surface area contributed by atoms with E-state index in [4.69, 9.17) is 4.74 Å². The minimum Gasteiger partial charge on any atom is -0.497 e. The van der Waals surface area contributed by atoms with E-state index in [9.17, 15) is 5.11 Å². The fraction of sp³-hybridized carbons (Fsp3) is 0.538. The van der Waals surface area contributed by atoms with E-state index >= 15 is 0 Å². The van der Waals surface area contributed by atoms with Crippen molar-refractivity contribution in [3.63, 3.8) is 0 Å². The number of hydrogen-bond donors (Lipinski definition) is 1. The van der Waals surface area contributed by atoms with E-state index < -0.39 is 0 Å². The lowest BCUT2D eigenvalue weighted by Gasteiger charge is -2.09. The molecule has 84 valence electrons. The molecule has 0 heterocycles. The maximum Gasteiger partial charge on any atom is 0.119 e. The van der Waals surface area contributed by atoms with Crippen molar-refractivity contribution >= 4 is 0 Å². The standard InChI is InChI=1S/C13H20O2/c1-10-7-8-13(15-3)9-12(10)6-4-5-11(2)14/h7-9,11,14H,4-6H2,1-3H3. The van der Waals surface area contributed by atoms with E-state index in [0.29, 0.717) is 0 Å². The first-order valence-corrected chi connectivity index (χ1v) is 5.45. The van der Waals surface area contributed by atoms with Crippen LogP contribution in [0, 0.1) is 6.92 Å². The zero-order valence-corrected chi connectivity index (χ0v) is 9.79. The number of aliphatic hydroxyl groups excluding tert-OH is 1. The first kappa shape index (κ1) is 12.1. The van der Waals surface area contributed by atoms with Crippen LogP contribution in [0.25, 0.3) is 0 Å². The fourth-order valence-corrected chi connectivity index (χ4v) is 1.63. The van der Waals surface area contributed by atoms with Crippen LogP contribution in [0.2, 0.25) is 0 Å². The molecule has 0 aliphatic heterocycles. The Bertz CT molecular complexity index is 305. The molecule has 0 fully saturated rings. The molecule has 0 saturated heterocycles. The van der Waals surface area contributed by atoms with Crippen LogP contribution in [0.1, 0.15) is 30.9 Å². The third-order valence-electron chi connectivity index (χ3n) is 2.62. The van der Waals surface area contributed by atoms with E-state index in [1.165, 1.54) is 11.1 Å². The second-order valence-electron chi connectivity index (χ2n) is 4.03. The van der Waals surface area contributed by atoms with Gasteiger partial charge in [-0.3, -0.25) is 0 Å². The summed E-state index contributed by atoms with van der Waals surface area (Å²) in [5.41, 5.74) is 2.61. The summed E-state index contributed by atoms with van der Waals surface area (Å²) in [5, 5.41) is 9.18. The van der Waals surface area contributed by atoms with Gasteiger partial charge in [-0.2, -0.15) is 0 Å². The van der Waals surface area contributed by atoms with Gasteiger partial charge < -0.3 is 9.84 Å². The van der Waals surface area contributed by atoms with E-state index in [1.807, 2.05) is 13.0 Å². The third-order valence-corrected chi connectivity index (χ3v) is 2.62. The number of benzene rings is 1. The Kier molecular flexibility index (Phi) is 4.63. The topological polar surface area (TPSA) is 29.5 Å². The van der Waals surface area contributed by atoms with Crippen LogP contribution in [0.15, 0.2) is 18.2 Å². The Labute approximate surface area is 91.9 Å². The van der Waals surface area contributed by atoms with E-state index in [2.05, 4.69) is 19.1 Å². The molecule has 2 heteroatoms. The van der Waals surface area contributed by atoms with Gasteiger partial charge in [0.25, 0.3) is 0 Å². The van der Waals surface area contributed by atoms with E-state index in [0.717, 1.165) is 25.0 Å². The molecule has 1 unspecified atom stereocenters. The molecule has 0 aromatic heterocycles. The van der Waals surface area contributed by atoms with Gasteiger partial charge in [-0.05, 0) is 56.4 Å². The van der Waals surface area contributed by atoms with Gasteiger partial charge >= 0.3 is 0 Å². The SMILES string of the molecule is COc1ccc(C)c(CCCC(C)O)c1. The molecule has 0 aliphatic rings. The van der Waals surface area contributed by atoms with E-state index in [-0.39, 0.29) is 6.10 Å². The summed E-state index contributed by atoms with van der Waals surface area (Å²) in [7, 11) is 1.68. The van der Waals surface area contributed by atoms with Crippen molar-refractivity contribution < 1.29 is 9.84 Å². The summed E-state index contributed by atoms with van der Waals surface area (Å²) in [4.78, 5) is 0. The maximum atomic E-state index is 9.18. The van der Waals surface area contributed by atoms with Crippen molar-refractivity contribution in [2.75, 3.05) is 7.11 Å². The number of hydrogen-bond acceptors (Lipinski definition) is 2. The Morgan fingerprint density at radius 1 is 1.40 bits per heavy atom. The molecule has 1 N–H and O–H groups in total. The minimum absolute atomic E-state index is 0.198. The van der Waals surface area contributed by atoms with Crippen LogP contribution in [0.4, 0.5) is 0 Å². The van der Waals surface area contributed by atoms with Crippen LogP contribution in [0.5, 0.6) is 5.75 Å². The number of aliphatic hydroxyl groups is 1. The quantitative estimate of drug-likeness (QED) is 0.806. The van der Waals surface area contributed by atoms with Crippen molar-refractivity contribution in [3.05, 3.63) is 29.3 Å². The summed E-state index contributed by atoms with van der Waals surface area (Å²) in [5.74, 6) is 0.910. The van der Waals surface area contributed by atoms with Crippen LogP contribution in [-0.4, -0.2) is 18.3 Å². The molecule has 1 rings (SSSR count). The normalized spacial score (nSPS) is 12.5. The number of ether oxygens (including phenoxy) is 1. The summed E-state index contributed by atoms with van der Waals surface area (Å²) < 4.78 is 5.19. The third kappa shape index (κ3) is 3.92. The van der Waals surface area contributed by atoms with Gasteiger partial charge in [0.2, 0.25) is 0 Å². The van der Waals surface area contributed by atoms with Crippen molar-refractivity contribution in [3.8, 4) is 5.75 Å². The molecule has 0 radical (unpaired) electrons. The van der Waals surface area contributed by atoms with Gasteiger partial charge in [0.1, 0.15) is 5.75 Å². The highest BCUT2D eigenvalue weighted by Gasteiger charge is 2.02. The second kappa shape index (κ2) is 5.76. The van der Waals surface area contributed by atoms with Gasteiger partial charge in [-0.25, -0.2) is 0 Å². The number of rotatable bonds is 5. The van der Waals surface area contributed by atoms with Crippen LogP contribution in [0.3, 0.4) is 0 Å². The van der Waals surface area contributed by atoms with Gasteiger partial charge in [0.05, 0.1) is 13.2 Å². The molecule has 0 saturated carbocycles. The predicted octanol–water partition coefficient (Wildman–Crippen LogP) is 2.71. The molecular weight excluding hydrogens is 188 g/mol. The maximum absolute atomic E-state index is 9.18. The monoisotopic (exact) mass is 208 g/mol. The summed E-state index contributed by atoms with van der Waals surface area (Å²) >= 11 is 0. The van der Waals surface area contributed by atoms with Gasteiger partial charge in [0.15, 0.2) is 0 Å². The lowest BCUT2D eigenvalue weighted by molar-refractivity contribution is 0.181. The first-order chi connectivity index (χ1) is 7.13. The largest absolute Gasteiger partial charge is 0.497 e. The summed E-state index contributed by atoms with van der Waals surface area (Å²) in [6, 6.07) is 6.14. The minimum atomic E-state index is -0.198. The predicted molar refractivity (Wildman–Crippen MR) is 62.3 cm³/mol. The van der Waals surface area contributed by atoms with Crippen molar-refractivity contribution in [1.29, 1.82) is 0 Å². The zero-order valence-electron chi connectivity index (χ0n) is 9.79. The van der Waals surface area contributed by atoms with Gasteiger partial charge in [-0.15, -0.1) is 0 Å². The Balaban J connectivity index is 2.59. The zero-order chi connectivity index (χ0) is 11.3. The summed E-state index contributed by atoms with van der Waals surface area (Å²) in [6.45, 7) is 3.94. The smallest absolute Gasteiger partial charge is 0.119 e. The van der Waals surface area contributed by atoms with Crippen molar-refractivity contribution in [2.24, 2.45) is 0 Å². The van der Waals surface area contributed by atoms with Crippen LogP contribution >= 0.6 is 0 Å².